The molecule has 0 aromatic heterocycles. The first kappa shape index (κ1) is 44.0. The summed E-state index contributed by atoms with van der Waals surface area (Å²) in [6.07, 6.45) is 0. The number of nitrogens with zero attached hydrogens (tertiary/aromatic N) is 1. The van der Waals surface area contributed by atoms with E-state index < -0.39 is 0 Å². The molecule has 0 aliphatic heterocycles. The van der Waals surface area contributed by atoms with Crippen LogP contribution in [-0.2, 0) is 27.1 Å². The van der Waals surface area contributed by atoms with Crippen LogP contribution in [0.2, 0.25) is 0 Å². The molecule has 63 heavy (non-hydrogen) atoms. The Bertz CT molecular complexity index is 2750. The molecule has 0 radical (unpaired) electrons. The summed E-state index contributed by atoms with van der Waals surface area (Å²) in [4.78, 5) is 2.45. The normalized spacial score (nSPS) is 13.8. The molecule has 1 heteroatoms. The van der Waals surface area contributed by atoms with Gasteiger partial charge in [-0.3, -0.25) is 0 Å². The number of benzene rings is 7. The molecule has 0 heterocycles. The van der Waals surface area contributed by atoms with Gasteiger partial charge in [-0.05, 0) is 148 Å². The van der Waals surface area contributed by atoms with E-state index in [2.05, 4.69) is 254 Å². The number of fused-ring (bicyclic) bond motifs is 3. The van der Waals surface area contributed by atoms with Crippen LogP contribution in [0.1, 0.15) is 136 Å². The van der Waals surface area contributed by atoms with Gasteiger partial charge in [-0.25, -0.2) is 0 Å². The Hall–Kier alpha value is -5.66. The molecule has 0 fully saturated rings. The Labute approximate surface area is 380 Å². The molecule has 0 bridgehead atoms. The van der Waals surface area contributed by atoms with Crippen LogP contribution in [0, 0.1) is 6.92 Å². The Kier molecular flexibility index (Phi) is 10.9. The third kappa shape index (κ3) is 8.57. The topological polar surface area (TPSA) is 3.24 Å². The lowest BCUT2D eigenvalue weighted by molar-refractivity contribution is 0.568. The molecular formula is C62H69N. The fraction of sp³-hybridized carbons (Fsp3) is 0.323. The minimum Gasteiger partial charge on any atom is -0.310 e. The zero-order chi connectivity index (χ0) is 45.4. The SMILES string of the molecule is Cc1cc(N(c2ccc(-c3cc(C(C)(C)C)cc(C(C)(C)C)c3)cc2)c2ccc3c(c2)C(C)(C)c2ccccc2-3)ccc1-c1ccc(-c2cc(C(C)(C)C)cc(C(C)(C)C)c2)cc1. The van der Waals surface area contributed by atoms with Gasteiger partial charge in [0.1, 0.15) is 0 Å². The minimum atomic E-state index is -0.103. The lowest BCUT2D eigenvalue weighted by Gasteiger charge is -2.29. The maximum atomic E-state index is 2.45. The van der Waals surface area contributed by atoms with Gasteiger partial charge in [-0.2, -0.15) is 0 Å². The Morgan fingerprint density at radius 1 is 0.333 bits per heavy atom. The molecular weight excluding hydrogens is 759 g/mol. The number of anilines is 3. The molecule has 1 nitrogen and oxygen atoms in total. The van der Waals surface area contributed by atoms with Crippen molar-refractivity contribution in [3.8, 4) is 44.5 Å². The highest BCUT2D eigenvalue weighted by atomic mass is 15.1. The highest BCUT2D eigenvalue weighted by molar-refractivity contribution is 5.87. The third-order valence-electron chi connectivity index (χ3n) is 13.6. The van der Waals surface area contributed by atoms with Crippen molar-refractivity contribution >= 4 is 17.1 Å². The van der Waals surface area contributed by atoms with Gasteiger partial charge >= 0.3 is 0 Å². The molecule has 7 aromatic carbocycles. The van der Waals surface area contributed by atoms with E-state index in [0.29, 0.717) is 0 Å². The largest absolute Gasteiger partial charge is 0.310 e. The first-order valence-electron chi connectivity index (χ1n) is 23.1. The highest BCUT2D eigenvalue weighted by Crippen LogP contribution is 2.51. The van der Waals surface area contributed by atoms with Crippen molar-refractivity contribution in [3.63, 3.8) is 0 Å². The summed E-state index contributed by atoms with van der Waals surface area (Å²) < 4.78 is 0. The molecule has 0 N–H and O–H groups in total. The van der Waals surface area contributed by atoms with Crippen LogP contribution in [0.4, 0.5) is 17.1 Å². The summed E-state index contributed by atoms with van der Waals surface area (Å²) in [7, 11) is 0. The summed E-state index contributed by atoms with van der Waals surface area (Å²) in [5, 5.41) is 0. The predicted molar refractivity (Wildman–Crippen MR) is 275 cm³/mol. The molecule has 322 valence electrons. The van der Waals surface area contributed by atoms with E-state index in [4.69, 9.17) is 0 Å². The average molecular weight is 828 g/mol. The van der Waals surface area contributed by atoms with E-state index >= 15 is 0 Å². The average Bonchev–Trinajstić information content (AvgIpc) is 3.45. The van der Waals surface area contributed by atoms with Crippen molar-refractivity contribution in [1.82, 2.24) is 0 Å². The second kappa shape index (κ2) is 15.5. The lowest BCUT2D eigenvalue weighted by Crippen LogP contribution is -2.17. The van der Waals surface area contributed by atoms with Gasteiger partial charge in [0.25, 0.3) is 0 Å². The second-order valence-corrected chi connectivity index (χ2v) is 23.0. The molecule has 0 saturated heterocycles. The first-order valence-corrected chi connectivity index (χ1v) is 23.1. The molecule has 0 amide bonds. The summed E-state index contributed by atoms with van der Waals surface area (Å²) in [6.45, 7) is 34.7. The van der Waals surface area contributed by atoms with Gasteiger partial charge in [0.2, 0.25) is 0 Å². The van der Waals surface area contributed by atoms with Gasteiger partial charge in [0.05, 0.1) is 0 Å². The molecule has 0 atom stereocenters. The standard InChI is InChI=1S/C62H69N/c1-40-32-51(28-30-53(40)43-22-20-41(21-23-43)44-33-46(58(2,3)4)37-47(34-44)59(5,6)7)63(52-29-31-55-54-18-16-17-19-56(54)62(14,15)57(55)39-52)50-26-24-42(25-27-50)45-35-48(60(8,9)10)38-49(36-45)61(11,12)13/h16-39H,1-15H3. The van der Waals surface area contributed by atoms with Crippen LogP contribution in [0.15, 0.2) is 146 Å². The zero-order valence-corrected chi connectivity index (χ0v) is 40.8. The maximum absolute atomic E-state index is 2.45. The Morgan fingerprint density at radius 3 is 1.17 bits per heavy atom. The highest BCUT2D eigenvalue weighted by Gasteiger charge is 2.36. The first-order chi connectivity index (χ1) is 29.4. The van der Waals surface area contributed by atoms with Gasteiger partial charge in [-0.15, -0.1) is 0 Å². The molecule has 8 rings (SSSR count). The lowest BCUT2D eigenvalue weighted by atomic mass is 9.79. The zero-order valence-electron chi connectivity index (χ0n) is 40.8. The van der Waals surface area contributed by atoms with E-state index in [-0.39, 0.29) is 27.1 Å². The van der Waals surface area contributed by atoms with Crippen LogP contribution in [0.25, 0.3) is 44.5 Å². The predicted octanol–water partition coefficient (Wildman–Crippen LogP) is 18.0. The van der Waals surface area contributed by atoms with Crippen molar-refractivity contribution in [2.75, 3.05) is 4.90 Å². The van der Waals surface area contributed by atoms with E-state index in [1.54, 1.807) is 0 Å². The van der Waals surface area contributed by atoms with Crippen LogP contribution >= 0.6 is 0 Å². The number of hydrogen-bond donors (Lipinski definition) is 0. The quantitative estimate of drug-likeness (QED) is 0.161. The minimum absolute atomic E-state index is 0.0496. The fourth-order valence-electron chi connectivity index (χ4n) is 9.36. The maximum Gasteiger partial charge on any atom is 0.0465 e. The van der Waals surface area contributed by atoms with Gasteiger partial charge in [-0.1, -0.05) is 206 Å². The summed E-state index contributed by atoms with van der Waals surface area (Å²) in [6, 6.07) is 55.8. The Balaban J connectivity index is 1.20. The molecule has 0 saturated carbocycles. The van der Waals surface area contributed by atoms with Crippen LogP contribution in [0.5, 0.6) is 0 Å². The van der Waals surface area contributed by atoms with Crippen LogP contribution < -0.4 is 4.90 Å². The van der Waals surface area contributed by atoms with Crippen molar-refractivity contribution in [3.05, 3.63) is 185 Å². The summed E-state index contributed by atoms with van der Waals surface area (Å²) in [5.74, 6) is 0. The monoisotopic (exact) mass is 828 g/mol. The van der Waals surface area contributed by atoms with E-state index in [1.807, 2.05) is 0 Å². The second-order valence-electron chi connectivity index (χ2n) is 23.0. The van der Waals surface area contributed by atoms with Gasteiger partial charge in [0.15, 0.2) is 0 Å². The molecule has 0 spiro atoms. The molecule has 1 aliphatic rings. The van der Waals surface area contributed by atoms with Gasteiger partial charge in [0, 0.05) is 22.5 Å². The molecule has 0 unspecified atom stereocenters. The van der Waals surface area contributed by atoms with Crippen LogP contribution in [0.3, 0.4) is 0 Å². The summed E-state index contributed by atoms with van der Waals surface area (Å²) >= 11 is 0. The van der Waals surface area contributed by atoms with Crippen LogP contribution in [-0.4, -0.2) is 0 Å². The van der Waals surface area contributed by atoms with Crippen molar-refractivity contribution in [1.29, 1.82) is 0 Å². The molecule has 7 aromatic rings. The number of rotatable bonds is 6. The van der Waals surface area contributed by atoms with E-state index in [1.165, 1.54) is 83.5 Å². The Morgan fingerprint density at radius 2 is 0.714 bits per heavy atom. The fourth-order valence-corrected chi connectivity index (χ4v) is 9.36. The van der Waals surface area contributed by atoms with E-state index in [0.717, 1.165) is 17.1 Å². The van der Waals surface area contributed by atoms with Crippen molar-refractivity contribution in [2.24, 2.45) is 0 Å². The van der Waals surface area contributed by atoms with E-state index in [9.17, 15) is 0 Å². The van der Waals surface area contributed by atoms with Gasteiger partial charge < -0.3 is 4.90 Å². The third-order valence-corrected chi connectivity index (χ3v) is 13.6. The van der Waals surface area contributed by atoms with Crippen molar-refractivity contribution in [2.45, 2.75) is 131 Å². The molecule has 1 aliphatic carbocycles. The number of hydrogen-bond acceptors (Lipinski definition) is 1. The van der Waals surface area contributed by atoms with Crippen molar-refractivity contribution < 1.29 is 0 Å². The number of aryl methyl sites for hydroxylation is 1. The smallest absolute Gasteiger partial charge is 0.0465 e. The summed E-state index contributed by atoms with van der Waals surface area (Å²) in [5.41, 5.74) is 23.3.